The van der Waals surface area contributed by atoms with Crippen molar-refractivity contribution in [1.29, 1.82) is 0 Å². The average Bonchev–Trinajstić information content (AvgIpc) is 2.27. The maximum absolute atomic E-state index is 12.2. The number of benzene rings is 1. The van der Waals surface area contributed by atoms with Gasteiger partial charge in [-0.25, -0.2) is 8.42 Å². The molecule has 1 saturated heterocycles. The second-order valence-corrected chi connectivity index (χ2v) is 6.14. The highest BCUT2D eigenvalue weighted by Crippen LogP contribution is 2.26. The van der Waals surface area contributed by atoms with E-state index in [1.54, 1.807) is 24.3 Å². The van der Waals surface area contributed by atoms with E-state index in [0.717, 1.165) is 5.56 Å². The zero-order chi connectivity index (χ0) is 12.6. The van der Waals surface area contributed by atoms with Crippen molar-refractivity contribution in [2.45, 2.75) is 31.2 Å². The van der Waals surface area contributed by atoms with Gasteiger partial charge in [-0.2, -0.15) is 4.31 Å². The number of carbonyl (C=O) groups is 1. The molecule has 2 rings (SSSR count). The Morgan fingerprint density at radius 3 is 2.35 bits per heavy atom. The first-order valence-corrected chi connectivity index (χ1v) is 7.02. The summed E-state index contributed by atoms with van der Waals surface area (Å²) in [5, 5.41) is 0. The van der Waals surface area contributed by atoms with Crippen LogP contribution in [-0.2, 0) is 14.8 Å². The van der Waals surface area contributed by atoms with Gasteiger partial charge in [0.15, 0.2) is 5.78 Å². The van der Waals surface area contributed by atoms with E-state index in [1.165, 1.54) is 4.31 Å². The summed E-state index contributed by atoms with van der Waals surface area (Å²) < 4.78 is 25.7. The molecule has 0 spiro atoms. The zero-order valence-electron chi connectivity index (χ0n) is 9.88. The summed E-state index contributed by atoms with van der Waals surface area (Å²) in [7, 11) is -3.50. The summed E-state index contributed by atoms with van der Waals surface area (Å²) in [4.78, 5) is 11.6. The third-order valence-corrected chi connectivity index (χ3v) is 4.91. The Balaban J connectivity index is 2.31. The fourth-order valence-electron chi connectivity index (χ4n) is 1.95. The number of nitrogens with zero attached hydrogens (tertiary/aromatic N) is 1. The van der Waals surface area contributed by atoms with Gasteiger partial charge in [0.2, 0.25) is 10.0 Å². The summed E-state index contributed by atoms with van der Waals surface area (Å²) in [5.74, 6) is 0.00295. The van der Waals surface area contributed by atoms with Crippen LogP contribution in [0.1, 0.15) is 18.9 Å². The van der Waals surface area contributed by atoms with Crippen LogP contribution in [0.25, 0.3) is 0 Å². The standard InChI is InChI=1S/C12H15NO3S/c1-3-11-12(14)8-13(11)17(15,16)10-6-4-9(2)5-7-10/h4-7,11H,3,8H2,1-2H3. The SMILES string of the molecule is CCC1C(=O)CN1S(=O)(=O)c1ccc(C)cc1. The number of Topliss-reactive ketones (excluding diaryl/α,β-unsaturated/α-hetero) is 1. The summed E-state index contributed by atoms with van der Waals surface area (Å²) in [6.07, 6.45) is 0.532. The molecule has 92 valence electrons. The largest absolute Gasteiger partial charge is 0.296 e. The molecule has 1 aliphatic rings. The van der Waals surface area contributed by atoms with E-state index in [1.807, 2.05) is 13.8 Å². The molecule has 0 aliphatic carbocycles. The topological polar surface area (TPSA) is 54.5 Å². The molecule has 1 aromatic carbocycles. The molecule has 4 nitrogen and oxygen atoms in total. The Kier molecular flexibility index (Phi) is 3.05. The highest BCUT2D eigenvalue weighted by atomic mass is 32.2. The molecular formula is C12H15NO3S. The molecule has 5 heteroatoms. The first-order chi connectivity index (χ1) is 7.96. The van der Waals surface area contributed by atoms with E-state index < -0.39 is 16.1 Å². The maximum atomic E-state index is 12.2. The Bertz CT molecular complexity index is 533. The summed E-state index contributed by atoms with van der Waals surface area (Å²) in [6, 6.07) is 6.21. The minimum Gasteiger partial charge on any atom is -0.296 e. The lowest BCUT2D eigenvalue weighted by atomic mass is 10.0. The molecule has 1 aromatic rings. The quantitative estimate of drug-likeness (QED) is 0.817. The Hall–Kier alpha value is -1.20. The number of aryl methyl sites for hydroxylation is 1. The maximum Gasteiger partial charge on any atom is 0.244 e. The smallest absolute Gasteiger partial charge is 0.244 e. The van der Waals surface area contributed by atoms with Crippen LogP contribution in [0.3, 0.4) is 0 Å². The molecule has 0 aromatic heterocycles. The van der Waals surface area contributed by atoms with Gasteiger partial charge >= 0.3 is 0 Å². The van der Waals surface area contributed by atoms with Crippen molar-refractivity contribution in [2.24, 2.45) is 0 Å². The molecule has 0 N–H and O–H groups in total. The van der Waals surface area contributed by atoms with Crippen LogP contribution < -0.4 is 0 Å². The molecule has 0 radical (unpaired) electrons. The number of rotatable bonds is 3. The van der Waals surface area contributed by atoms with Gasteiger partial charge in [-0.3, -0.25) is 4.79 Å². The van der Waals surface area contributed by atoms with Gasteiger partial charge < -0.3 is 0 Å². The molecule has 0 amide bonds. The molecule has 1 atom stereocenters. The number of ketones is 1. The van der Waals surface area contributed by atoms with Crippen molar-refractivity contribution in [3.05, 3.63) is 29.8 Å². The fraction of sp³-hybridized carbons (Fsp3) is 0.417. The molecule has 1 fully saturated rings. The van der Waals surface area contributed by atoms with Crippen LogP contribution in [0.4, 0.5) is 0 Å². The highest BCUT2D eigenvalue weighted by Gasteiger charge is 2.44. The Labute approximate surface area is 101 Å². The van der Waals surface area contributed by atoms with Crippen LogP contribution in [0.2, 0.25) is 0 Å². The first-order valence-electron chi connectivity index (χ1n) is 5.58. The first kappa shape index (κ1) is 12.3. The second kappa shape index (κ2) is 4.23. The lowest BCUT2D eigenvalue weighted by Crippen LogP contribution is -2.58. The van der Waals surface area contributed by atoms with E-state index in [4.69, 9.17) is 0 Å². The predicted octanol–water partition coefficient (Wildman–Crippen LogP) is 1.35. The molecule has 1 unspecified atom stereocenters. The Morgan fingerprint density at radius 2 is 1.88 bits per heavy atom. The number of carbonyl (C=O) groups excluding carboxylic acids is 1. The third kappa shape index (κ3) is 2.00. The zero-order valence-corrected chi connectivity index (χ0v) is 10.7. The number of hydrogen-bond acceptors (Lipinski definition) is 3. The predicted molar refractivity (Wildman–Crippen MR) is 64.2 cm³/mol. The van der Waals surface area contributed by atoms with Crippen LogP contribution in [-0.4, -0.2) is 31.1 Å². The van der Waals surface area contributed by atoms with E-state index in [-0.39, 0.29) is 17.2 Å². The van der Waals surface area contributed by atoms with Gasteiger partial charge in [0, 0.05) is 0 Å². The second-order valence-electron chi connectivity index (χ2n) is 4.25. The average molecular weight is 253 g/mol. The van der Waals surface area contributed by atoms with Crippen molar-refractivity contribution in [2.75, 3.05) is 6.54 Å². The summed E-state index contributed by atoms with van der Waals surface area (Å²) >= 11 is 0. The van der Waals surface area contributed by atoms with Crippen molar-refractivity contribution in [1.82, 2.24) is 4.31 Å². The monoisotopic (exact) mass is 253 g/mol. The van der Waals surface area contributed by atoms with Crippen molar-refractivity contribution in [3.63, 3.8) is 0 Å². The van der Waals surface area contributed by atoms with Crippen molar-refractivity contribution in [3.8, 4) is 0 Å². The molecular weight excluding hydrogens is 238 g/mol. The van der Waals surface area contributed by atoms with E-state index in [9.17, 15) is 13.2 Å². The van der Waals surface area contributed by atoms with Crippen LogP contribution in [0, 0.1) is 6.92 Å². The molecule has 1 heterocycles. The van der Waals surface area contributed by atoms with Crippen LogP contribution >= 0.6 is 0 Å². The lowest BCUT2D eigenvalue weighted by Gasteiger charge is -2.37. The minimum absolute atomic E-state index is 0.00295. The number of hydrogen-bond donors (Lipinski definition) is 0. The summed E-state index contributed by atoms with van der Waals surface area (Å²) in [5.41, 5.74) is 1.01. The fourth-order valence-corrected chi connectivity index (χ4v) is 3.60. The van der Waals surface area contributed by atoms with Gasteiger partial charge in [0.1, 0.15) is 0 Å². The third-order valence-electron chi connectivity index (χ3n) is 3.05. The van der Waals surface area contributed by atoms with E-state index in [2.05, 4.69) is 0 Å². The Morgan fingerprint density at radius 1 is 1.29 bits per heavy atom. The van der Waals surface area contributed by atoms with Crippen molar-refractivity contribution >= 4 is 15.8 Å². The van der Waals surface area contributed by atoms with E-state index in [0.29, 0.717) is 6.42 Å². The van der Waals surface area contributed by atoms with Crippen molar-refractivity contribution < 1.29 is 13.2 Å². The number of sulfonamides is 1. The van der Waals surface area contributed by atoms with E-state index >= 15 is 0 Å². The molecule has 1 aliphatic heterocycles. The van der Waals surface area contributed by atoms with Gasteiger partial charge in [-0.05, 0) is 25.5 Å². The van der Waals surface area contributed by atoms with Crippen LogP contribution in [0.15, 0.2) is 29.2 Å². The van der Waals surface area contributed by atoms with Gasteiger partial charge in [0.25, 0.3) is 0 Å². The van der Waals surface area contributed by atoms with Gasteiger partial charge in [-0.1, -0.05) is 24.6 Å². The summed E-state index contributed by atoms with van der Waals surface area (Å²) in [6.45, 7) is 3.73. The van der Waals surface area contributed by atoms with Gasteiger partial charge in [-0.15, -0.1) is 0 Å². The molecule has 0 saturated carbocycles. The van der Waals surface area contributed by atoms with Crippen LogP contribution in [0.5, 0.6) is 0 Å². The molecule has 17 heavy (non-hydrogen) atoms. The molecule has 0 bridgehead atoms. The normalized spacial score (nSPS) is 21.3. The lowest BCUT2D eigenvalue weighted by molar-refractivity contribution is -0.131. The van der Waals surface area contributed by atoms with Gasteiger partial charge in [0.05, 0.1) is 17.5 Å². The highest BCUT2D eigenvalue weighted by molar-refractivity contribution is 7.89. The minimum atomic E-state index is -3.50.